The molecule has 1 nitrogen and oxygen atoms in total. The Bertz CT molecular complexity index is 311. The van der Waals surface area contributed by atoms with Crippen molar-refractivity contribution >= 4 is 0 Å². The first-order chi connectivity index (χ1) is 6.53. The highest BCUT2D eigenvalue weighted by molar-refractivity contribution is 5.33. The molecule has 0 amide bonds. The van der Waals surface area contributed by atoms with Crippen molar-refractivity contribution in [3.63, 3.8) is 0 Å². The minimum absolute atomic E-state index is 0.140. The third-order valence-electron chi connectivity index (χ3n) is 3.34. The number of hydrogen-bond donors (Lipinski definition) is 1. The van der Waals surface area contributed by atoms with E-state index in [0.717, 1.165) is 12.8 Å². The van der Waals surface area contributed by atoms with Crippen LogP contribution >= 0.6 is 0 Å². The van der Waals surface area contributed by atoms with E-state index in [4.69, 9.17) is 5.73 Å². The van der Waals surface area contributed by atoms with E-state index in [1.54, 1.807) is 0 Å². The summed E-state index contributed by atoms with van der Waals surface area (Å²) in [5.74, 6) is 0. The fraction of sp³-hybridized carbons (Fsp3) is 0.538. The van der Waals surface area contributed by atoms with Gasteiger partial charge in [-0.2, -0.15) is 0 Å². The predicted octanol–water partition coefficient (Wildman–Crippen LogP) is 3.28. The van der Waals surface area contributed by atoms with Crippen LogP contribution < -0.4 is 5.73 Å². The molecule has 0 unspecified atom stereocenters. The van der Waals surface area contributed by atoms with Crippen molar-refractivity contribution in [1.82, 2.24) is 0 Å². The molecule has 1 aromatic rings. The molecule has 1 heteroatoms. The molecular weight excluding hydrogens is 170 g/mol. The van der Waals surface area contributed by atoms with Gasteiger partial charge in [0, 0.05) is 5.54 Å². The summed E-state index contributed by atoms with van der Waals surface area (Å²) in [6.07, 6.45) is 1.98. The molecule has 0 spiro atoms. The van der Waals surface area contributed by atoms with Gasteiger partial charge in [-0.15, -0.1) is 0 Å². The second-order valence-corrected chi connectivity index (χ2v) is 4.16. The minimum Gasteiger partial charge on any atom is -0.321 e. The molecule has 0 aliphatic rings. The van der Waals surface area contributed by atoms with Gasteiger partial charge in [0.05, 0.1) is 0 Å². The summed E-state index contributed by atoms with van der Waals surface area (Å²) in [4.78, 5) is 0. The van der Waals surface area contributed by atoms with Crippen LogP contribution in [0.2, 0.25) is 0 Å². The summed E-state index contributed by atoms with van der Waals surface area (Å²) in [6.45, 7) is 8.58. The normalized spacial score (nSPS) is 11.8. The molecule has 2 N–H and O–H groups in total. The molecule has 1 aromatic carbocycles. The standard InChI is InChI=1S/C13H21N/c1-5-13(14,6-2)12-8-7-10(3)11(4)9-12/h7-9H,5-6,14H2,1-4H3. The summed E-state index contributed by atoms with van der Waals surface area (Å²) < 4.78 is 0. The van der Waals surface area contributed by atoms with Crippen LogP contribution in [0.5, 0.6) is 0 Å². The van der Waals surface area contributed by atoms with Gasteiger partial charge in [-0.1, -0.05) is 32.0 Å². The largest absolute Gasteiger partial charge is 0.321 e. The molecule has 0 aromatic heterocycles. The zero-order valence-corrected chi connectivity index (χ0v) is 9.72. The van der Waals surface area contributed by atoms with Crippen molar-refractivity contribution in [2.24, 2.45) is 5.73 Å². The van der Waals surface area contributed by atoms with Crippen LogP contribution in [0.25, 0.3) is 0 Å². The Morgan fingerprint density at radius 1 is 1.07 bits per heavy atom. The Labute approximate surface area is 87.3 Å². The number of aryl methyl sites for hydroxylation is 2. The molecule has 0 fully saturated rings. The summed E-state index contributed by atoms with van der Waals surface area (Å²) in [6, 6.07) is 6.55. The Kier molecular flexibility index (Phi) is 3.33. The number of benzene rings is 1. The smallest absolute Gasteiger partial charge is 0.0404 e. The molecule has 0 saturated carbocycles. The topological polar surface area (TPSA) is 26.0 Å². The molecule has 0 radical (unpaired) electrons. The van der Waals surface area contributed by atoms with Gasteiger partial charge in [-0.05, 0) is 43.4 Å². The molecule has 1 rings (SSSR count). The van der Waals surface area contributed by atoms with Crippen LogP contribution in [0, 0.1) is 13.8 Å². The summed E-state index contributed by atoms with van der Waals surface area (Å²) in [5, 5.41) is 0. The van der Waals surface area contributed by atoms with E-state index >= 15 is 0 Å². The number of hydrogen-bond acceptors (Lipinski definition) is 1. The zero-order chi connectivity index (χ0) is 10.8. The lowest BCUT2D eigenvalue weighted by Crippen LogP contribution is -2.35. The van der Waals surface area contributed by atoms with E-state index < -0.39 is 0 Å². The average Bonchev–Trinajstić information content (AvgIpc) is 2.21. The number of rotatable bonds is 3. The molecule has 0 bridgehead atoms. The molecule has 78 valence electrons. The highest BCUT2D eigenvalue weighted by atomic mass is 14.7. The lowest BCUT2D eigenvalue weighted by atomic mass is 9.84. The monoisotopic (exact) mass is 191 g/mol. The fourth-order valence-corrected chi connectivity index (χ4v) is 1.71. The van der Waals surface area contributed by atoms with Crippen LogP contribution in [0.3, 0.4) is 0 Å². The van der Waals surface area contributed by atoms with Gasteiger partial charge in [-0.25, -0.2) is 0 Å². The van der Waals surface area contributed by atoms with Gasteiger partial charge in [0.25, 0.3) is 0 Å². The second-order valence-electron chi connectivity index (χ2n) is 4.16. The maximum atomic E-state index is 6.34. The number of nitrogens with two attached hydrogens (primary N) is 1. The van der Waals surface area contributed by atoms with Crippen molar-refractivity contribution in [2.45, 2.75) is 46.1 Å². The van der Waals surface area contributed by atoms with Crippen LogP contribution in [-0.4, -0.2) is 0 Å². The van der Waals surface area contributed by atoms with Crippen molar-refractivity contribution < 1.29 is 0 Å². The quantitative estimate of drug-likeness (QED) is 0.779. The van der Waals surface area contributed by atoms with Crippen LogP contribution in [0.15, 0.2) is 18.2 Å². The van der Waals surface area contributed by atoms with E-state index in [9.17, 15) is 0 Å². The first-order valence-corrected chi connectivity index (χ1v) is 5.40. The Morgan fingerprint density at radius 2 is 1.64 bits per heavy atom. The Balaban J connectivity index is 3.12. The molecular formula is C13H21N. The first kappa shape index (κ1) is 11.3. The minimum atomic E-state index is -0.140. The average molecular weight is 191 g/mol. The van der Waals surface area contributed by atoms with Crippen LogP contribution in [0.4, 0.5) is 0 Å². The van der Waals surface area contributed by atoms with Gasteiger partial charge >= 0.3 is 0 Å². The molecule has 0 aliphatic carbocycles. The third-order valence-corrected chi connectivity index (χ3v) is 3.34. The van der Waals surface area contributed by atoms with E-state index in [1.807, 2.05) is 0 Å². The second kappa shape index (κ2) is 4.14. The van der Waals surface area contributed by atoms with E-state index in [-0.39, 0.29) is 5.54 Å². The fourth-order valence-electron chi connectivity index (χ4n) is 1.71. The SMILES string of the molecule is CCC(N)(CC)c1ccc(C)c(C)c1. The predicted molar refractivity (Wildman–Crippen MR) is 62.4 cm³/mol. The Morgan fingerprint density at radius 3 is 2.07 bits per heavy atom. The molecule has 14 heavy (non-hydrogen) atoms. The van der Waals surface area contributed by atoms with Gasteiger partial charge in [-0.3, -0.25) is 0 Å². The van der Waals surface area contributed by atoms with Gasteiger partial charge < -0.3 is 5.73 Å². The van der Waals surface area contributed by atoms with Crippen LogP contribution in [-0.2, 0) is 5.54 Å². The lowest BCUT2D eigenvalue weighted by molar-refractivity contribution is 0.412. The molecule has 0 aliphatic heterocycles. The summed E-state index contributed by atoms with van der Waals surface area (Å²) in [5.41, 5.74) is 10.1. The van der Waals surface area contributed by atoms with Gasteiger partial charge in [0.1, 0.15) is 0 Å². The lowest BCUT2D eigenvalue weighted by Gasteiger charge is -2.27. The van der Waals surface area contributed by atoms with Crippen molar-refractivity contribution in [3.8, 4) is 0 Å². The van der Waals surface area contributed by atoms with E-state index in [1.165, 1.54) is 16.7 Å². The Hall–Kier alpha value is -0.820. The third kappa shape index (κ3) is 1.98. The van der Waals surface area contributed by atoms with Gasteiger partial charge in [0.15, 0.2) is 0 Å². The maximum Gasteiger partial charge on any atom is 0.0404 e. The zero-order valence-electron chi connectivity index (χ0n) is 9.72. The van der Waals surface area contributed by atoms with E-state index in [0.29, 0.717) is 0 Å². The molecule has 0 heterocycles. The summed E-state index contributed by atoms with van der Waals surface area (Å²) in [7, 11) is 0. The van der Waals surface area contributed by atoms with Crippen LogP contribution in [0.1, 0.15) is 43.4 Å². The molecule has 0 saturated heterocycles. The van der Waals surface area contributed by atoms with Crippen molar-refractivity contribution in [1.29, 1.82) is 0 Å². The molecule has 0 atom stereocenters. The van der Waals surface area contributed by atoms with E-state index in [2.05, 4.69) is 45.9 Å². The highest BCUT2D eigenvalue weighted by Gasteiger charge is 2.22. The van der Waals surface area contributed by atoms with Gasteiger partial charge in [0.2, 0.25) is 0 Å². The van der Waals surface area contributed by atoms with Crippen molar-refractivity contribution in [2.75, 3.05) is 0 Å². The maximum absolute atomic E-state index is 6.34. The highest BCUT2D eigenvalue weighted by Crippen LogP contribution is 2.26. The van der Waals surface area contributed by atoms with Crippen molar-refractivity contribution in [3.05, 3.63) is 34.9 Å². The first-order valence-electron chi connectivity index (χ1n) is 5.40. The summed E-state index contributed by atoms with van der Waals surface area (Å²) >= 11 is 0.